The minimum Gasteiger partial charge on any atom is -0.405 e. The van der Waals surface area contributed by atoms with Crippen molar-refractivity contribution in [2.24, 2.45) is 17.6 Å². The zero-order valence-corrected chi connectivity index (χ0v) is 14.8. The lowest BCUT2D eigenvalue weighted by atomic mass is 9.84. The Labute approximate surface area is 140 Å². The van der Waals surface area contributed by atoms with Crippen molar-refractivity contribution in [1.29, 1.82) is 0 Å². The summed E-state index contributed by atoms with van der Waals surface area (Å²) in [5.41, 5.74) is 7.45. The largest absolute Gasteiger partial charge is 0.405 e. The first kappa shape index (κ1) is 19.5. The average Bonchev–Trinajstić information content (AvgIpc) is 2.90. The minimum absolute atomic E-state index is 0.129. The lowest BCUT2D eigenvalue weighted by Crippen LogP contribution is -2.28. The molecular weight excluding hydrogens is 291 g/mol. The van der Waals surface area contributed by atoms with Gasteiger partial charge in [0.15, 0.2) is 6.29 Å². The Morgan fingerprint density at radius 3 is 2.65 bits per heavy atom. The fraction of sp³-hybridized carbons (Fsp3) is 0.632. The van der Waals surface area contributed by atoms with Crippen LogP contribution in [0.5, 0.6) is 0 Å². The number of hydrogen-bond donors (Lipinski definition) is 1. The molecule has 130 valence electrons. The van der Waals surface area contributed by atoms with Crippen LogP contribution in [0, 0.1) is 11.8 Å². The molecule has 0 aromatic rings. The number of rotatable bonds is 9. The number of nitrogens with two attached hydrogens (primary N) is 1. The van der Waals surface area contributed by atoms with E-state index < -0.39 is 6.17 Å². The highest BCUT2D eigenvalue weighted by atomic mass is 19.1. The average molecular weight is 322 g/mol. The molecule has 0 radical (unpaired) electrons. The van der Waals surface area contributed by atoms with Gasteiger partial charge in [-0.1, -0.05) is 32.4 Å². The number of likely N-dealkylation sites (N-methyl/N-ethyl adjacent to an activating group) is 1. The Morgan fingerprint density at radius 2 is 2.17 bits per heavy atom. The van der Waals surface area contributed by atoms with Crippen molar-refractivity contribution < 1.29 is 9.18 Å². The first-order valence-electron chi connectivity index (χ1n) is 8.56. The van der Waals surface area contributed by atoms with Gasteiger partial charge in [-0.2, -0.15) is 0 Å². The summed E-state index contributed by atoms with van der Waals surface area (Å²) in [6.07, 6.45) is 11.0. The lowest BCUT2D eigenvalue weighted by molar-refractivity contribution is -0.106. The van der Waals surface area contributed by atoms with E-state index in [-0.39, 0.29) is 6.04 Å². The topological polar surface area (TPSA) is 46.3 Å². The molecule has 0 fully saturated rings. The third-order valence-corrected chi connectivity index (χ3v) is 4.90. The van der Waals surface area contributed by atoms with Crippen LogP contribution >= 0.6 is 0 Å². The van der Waals surface area contributed by atoms with Crippen LogP contribution in [0.4, 0.5) is 4.39 Å². The highest BCUT2D eigenvalue weighted by Gasteiger charge is 2.26. The molecule has 1 heterocycles. The summed E-state index contributed by atoms with van der Waals surface area (Å²) in [6, 6.07) is 0.129. The second kappa shape index (κ2) is 9.53. The molecule has 4 heteroatoms. The number of carbonyl (C=O) groups is 1. The van der Waals surface area contributed by atoms with Crippen molar-refractivity contribution in [1.82, 2.24) is 4.90 Å². The molecule has 0 bridgehead atoms. The number of nitrogens with zero attached hydrogens (tertiary/aromatic N) is 1. The third kappa shape index (κ3) is 5.52. The Morgan fingerprint density at radius 1 is 1.48 bits per heavy atom. The molecule has 0 spiro atoms. The summed E-state index contributed by atoms with van der Waals surface area (Å²) in [6.45, 7) is 5.99. The summed E-state index contributed by atoms with van der Waals surface area (Å²) in [5.74, 6) is 0.804. The molecule has 3 nitrogen and oxygen atoms in total. The molecule has 0 saturated carbocycles. The summed E-state index contributed by atoms with van der Waals surface area (Å²) in [5, 5.41) is 0. The minimum atomic E-state index is -0.777. The van der Waals surface area contributed by atoms with E-state index in [0.29, 0.717) is 24.0 Å². The van der Waals surface area contributed by atoms with Crippen LogP contribution in [0.15, 0.2) is 35.7 Å². The zero-order chi connectivity index (χ0) is 17.4. The van der Waals surface area contributed by atoms with Gasteiger partial charge >= 0.3 is 0 Å². The summed E-state index contributed by atoms with van der Waals surface area (Å²) in [4.78, 5) is 13.1. The molecule has 2 N–H and O–H groups in total. The van der Waals surface area contributed by atoms with E-state index in [2.05, 4.69) is 19.9 Å². The van der Waals surface area contributed by atoms with Crippen LogP contribution in [0.1, 0.15) is 46.5 Å². The molecule has 0 aromatic carbocycles. The number of hydrogen-bond acceptors (Lipinski definition) is 3. The van der Waals surface area contributed by atoms with Gasteiger partial charge in [0.05, 0.1) is 17.9 Å². The Kier molecular flexibility index (Phi) is 8.07. The highest BCUT2D eigenvalue weighted by molar-refractivity contribution is 5.73. The maximum atomic E-state index is 13.3. The highest BCUT2D eigenvalue weighted by Crippen LogP contribution is 2.30. The third-order valence-electron chi connectivity index (χ3n) is 4.90. The van der Waals surface area contributed by atoms with E-state index in [1.165, 1.54) is 0 Å². The van der Waals surface area contributed by atoms with E-state index in [4.69, 9.17) is 5.73 Å². The second-order valence-electron chi connectivity index (χ2n) is 6.54. The van der Waals surface area contributed by atoms with Crippen LogP contribution in [0.25, 0.3) is 0 Å². The molecule has 0 saturated heterocycles. The van der Waals surface area contributed by atoms with E-state index >= 15 is 0 Å². The molecular formula is C19H31FN2O. The maximum absolute atomic E-state index is 13.3. The molecule has 4 unspecified atom stereocenters. The van der Waals surface area contributed by atoms with Crippen molar-refractivity contribution in [3.8, 4) is 0 Å². The smallest absolute Gasteiger partial charge is 0.165 e. The van der Waals surface area contributed by atoms with Crippen molar-refractivity contribution >= 4 is 6.29 Å². The summed E-state index contributed by atoms with van der Waals surface area (Å²) < 4.78 is 13.3. The van der Waals surface area contributed by atoms with Crippen LogP contribution in [0.2, 0.25) is 0 Å². The molecule has 4 atom stereocenters. The number of allylic oxidation sites excluding steroid dienone is 2. The molecule has 1 rings (SSSR count). The van der Waals surface area contributed by atoms with Crippen molar-refractivity contribution in [3.05, 3.63) is 35.7 Å². The number of halogens is 1. The van der Waals surface area contributed by atoms with Gasteiger partial charge in [-0.3, -0.25) is 4.79 Å². The van der Waals surface area contributed by atoms with Gasteiger partial charge in [-0.25, -0.2) is 4.39 Å². The quantitative estimate of drug-likeness (QED) is 0.516. The molecule has 23 heavy (non-hydrogen) atoms. The van der Waals surface area contributed by atoms with Crippen molar-refractivity contribution in [2.45, 2.75) is 58.7 Å². The first-order valence-corrected chi connectivity index (χ1v) is 8.56. The molecule has 1 aliphatic rings. The Bertz CT molecular complexity index is 468. The Balaban J connectivity index is 2.99. The Hall–Kier alpha value is -1.58. The molecule has 0 aromatic heterocycles. The SMILES string of the molecule is CCC(C)C(/C=C(\C=C/N)C1CC=C(C=O)N1C)CCC(C)F. The summed E-state index contributed by atoms with van der Waals surface area (Å²) in [7, 11) is 1.93. The fourth-order valence-corrected chi connectivity index (χ4v) is 3.10. The van der Waals surface area contributed by atoms with E-state index in [1.807, 2.05) is 24.1 Å². The van der Waals surface area contributed by atoms with Crippen LogP contribution in [-0.2, 0) is 4.79 Å². The van der Waals surface area contributed by atoms with Gasteiger partial charge < -0.3 is 10.6 Å². The number of carbonyl (C=O) groups excluding carboxylic acids is 1. The van der Waals surface area contributed by atoms with Gasteiger partial charge in [-0.05, 0) is 55.9 Å². The zero-order valence-electron chi connectivity index (χ0n) is 14.8. The normalized spacial score (nSPS) is 23.0. The fourth-order valence-electron chi connectivity index (χ4n) is 3.10. The van der Waals surface area contributed by atoms with Gasteiger partial charge in [0, 0.05) is 7.05 Å². The van der Waals surface area contributed by atoms with Gasteiger partial charge in [0.2, 0.25) is 0 Å². The van der Waals surface area contributed by atoms with E-state index in [9.17, 15) is 9.18 Å². The van der Waals surface area contributed by atoms with Crippen molar-refractivity contribution in [2.75, 3.05) is 7.05 Å². The predicted molar refractivity (Wildman–Crippen MR) is 94.5 cm³/mol. The van der Waals surface area contributed by atoms with Gasteiger partial charge in [0.1, 0.15) is 0 Å². The molecule has 1 aliphatic heterocycles. The van der Waals surface area contributed by atoms with Gasteiger partial charge in [0.25, 0.3) is 0 Å². The first-order chi connectivity index (χ1) is 10.9. The molecule has 0 amide bonds. The van der Waals surface area contributed by atoms with E-state index in [0.717, 1.165) is 31.1 Å². The summed E-state index contributed by atoms with van der Waals surface area (Å²) >= 11 is 0. The number of alkyl halides is 1. The van der Waals surface area contributed by atoms with E-state index in [1.54, 1.807) is 13.1 Å². The van der Waals surface area contributed by atoms with Gasteiger partial charge in [-0.15, -0.1) is 0 Å². The van der Waals surface area contributed by atoms with Crippen LogP contribution in [0.3, 0.4) is 0 Å². The van der Waals surface area contributed by atoms with Crippen LogP contribution < -0.4 is 5.73 Å². The number of aldehydes is 1. The van der Waals surface area contributed by atoms with Crippen molar-refractivity contribution in [3.63, 3.8) is 0 Å². The molecule has 0 aliphatic carbocycles. The predicted octanol–water partition coefficient (Wildman–Crippen LogP) is 3.97. The standard InChI is InChI=1S/C19H31FN2O/c1-5-14(2)16(7-6-15(3)20)12-17(10-11-21)19-9-8-18(13-23)22(19)4/h8,10-16,19H,5-7,9,21H2,1-4H3/b11-10-,17-12+. The van der Waals surface area contributed by atoms with Crippen LogP contribution in [-0.4, -0.2) is 30.4 Å². The maximum Gasteiger partial charge on any atom is 0.165 e. The monoisotopic (exact) mass is 322 g/mol. The second-order valence-corrected chi connectivity index (χ2v) is 6.54. The lowest BCUT2D eigenvalue weighted by Gasteiger charge is -2.27.